The maximum Gasteiger partial charge on any atom is 0.407 e. The second-order valence-electron chi connectivity index (χ2n) is 10.3. The molecule has 0 bridgehead atoms. The van der Waals surface area contributed by atoms with Crippen molar-refractivity contribution in [3.05, 3.63) is 144 Å². The van der Waals surface area contributed by atoms with Crippen LogP contribution in [0.2, 0.25) is 0 Å². The van der Waals surface area contributed by atoms with E-state index in [2.05, 4.69) is 41.7 Å². The Morgan fingerprint density at radius 2 is 1.25 bits per heavy atom. The first-order chi connectivity index (χ1) is 19.7. The maximum absolute atomic E-state index is 12.8. The summed E-state index contributed by atoms with van der Waals surface area (Å²) >= 11 is 0. The fourth-order valence-corrected chi connectivity index (χ4v) is 5.73. The Kier molecular flexibility index (Phi) is 9.27. The standard InChI is InChI=1S/C35H37NO4/c1-38-32-22-23-33(36-34(37)39-25-27-14-6-2-7-15-27)28(24-32)26-40-35(29-16-8-3-9-17-29,30-18-10-4-11-19-30)31-20-12-5-13-21-31/h2-21,28,32-33H,22-26H2,1H3,(H,36,37)/t28-,32+,33-/m0/s1. The van der Waals surface area contributed by atoms with Gasteiger partial charge in [0.2, 0.25) is 0 Å². The Balaban J connectivity index is 1.41. The summed E-state index contributed by atoms with van der Waals surface area (Å²) in [6, 6.07) is 40.7. The zero-order valence-electron chi connectivity index (χ0n) is 22.9. The van der Waals surface area contributed by atoms with Crippen LogP contribution in [0.5, 0.6) is 0 Å². The summed E-state index contributed by atoms with van der Waals surface area (Å²) in [4.78, 5) is 12.8. The van der Waals surface area contributed by atoms with Crippen molar-refractivity contribution < 1.29 is 19.0 Å². The predicted octanol–water partition coefficient (Wildman–Crippen LogP) is 7.11. The van der Waals surface area contributed by atoms with E-state index in [4.69, 9.17) is 14.2 Å². The van der Waals surface area contributed by atoms with E-state index in [1.807, 2.05) is 84.9 Å². The van der Waals surface area contributed by atoms with Crippen LogP contribution in [0.3, 0.4) is 0 Å². The molecule has 4 aromatic rings. The fourth-order valence-electron chi connectivity index (χ4n) is 5.73. The number of carbonyl (C=O) groups excluding carboxylic acids is 1. The van der Waals surface area contributed by atoms with Crippen LogP contribution in [0, 0.1) is 5.92 Å². The normalized spacial score (nSPS) is 19.1. The van der Waals surface area contributed by atoms with Gasteiger partial charge in [0, 0.05) is 19.1 Å². The van der Waals surface area contributed by atoms with Crippen molar-refractivity contribution in [2.24, 2.45) is 5.92 Å². The molecule has 0 heterocycles. The number of alkyl carbamates (subject to hydrolysis) is 1. The van der Waals surface area contributed by atoms with Crippen LogP contribution < -0.4 is 5.32 Å². The monoisotopic (exact) mass is 535 g/mol. The minimum Gasteiger partial charge on any atom is -0.445 e. The highest BCUT2D eigenvalue weighted by Gasteiger charge is 2.40. The molecule has 1 saturated carbocycles. The first-order valence-electron chi connectivity index (χ1n) is 14.0. The highest BCUT2D eigenvalue weighted by atomic mass is 16.5. The van der Waals surface area contributed by atoms with E-state index in [0.29, 0.717) is 6.61 Å². The first kappa shape index (κ1) is 27.6. The van der Waals surface area contributed by atoms with Gasteiger partial charge in [-0.3, -0.25) is 0 Å². The van der Waals surface area contributed by atoms with Crippen LogP contribution in [0.4, 0.5) is 4.79 Å². The lowest BCUT2D eigenvalue weighted by Crippen LogP contribution is -2.48. The van der Waals surface area contributed by atoms with E-state index in [9.17, 15) is 4.79 Å². The second-order valence-corrected chi connectivity index (χ2v) is 10.3. The van der Waals surface area contributed by atoms with Crippen molar-refractivity contribution in [2.75, 3.05) is 13.7 Å². The molecular formula is C35H37NO4. The summed E-state index contributed by atoms with van der Waals surface area (Å²) in [6.45, 7) is 0.669. The third kappa shape index (κ3) is 6.44. The largest absolute Gasteiger partial charge is 0.445 e. The van der Waals surface area contributed by atoms with Crippen molar-refractivity contribution in [2.45, 2.75) is 43.6 Å². The zero-order chi connectivity index (χ0) is 27.6. The molecule has 5 heteroatoms. The quantitative estimate of drug-likeness (QED) is 0.220. The van der Waals surface area contributed by atoms with Crippen LogP contribution >= 0.6 is 0 Å². The fraction of sp³-hybridized carbons (Fsp3) is 0.286. The molecule has 5 rings (SSSR count). The number of ether oxygens (including phenoxy) is 3. The van der Waals surface area contributed by atoms with E-state index in [1.54, 1.807) is 7.11 Å². The minimum absolute atomic E-state index is 0.0403. The Labute approximate surface area is 237 Å². The molecule has 0 spiro atoms. The highest BCUT2D eigenvalue weighted by Crippen LogP contribution is 2.41. The number of rotatable bonds is 10. The third-order valence-corrected chi connectivity index (χ3v) is 7.84. The predicted molar refractivity (Wildman–Crippen MR) is 157 cm³/mol. The van der Waals surface area contributed by atoms with Crippen LogP contribution in [0.15, 0.2) is 121 Å². The van der Waals surface area contributed by atoms with E-state index >= 15 is 0 Å². The molecule has 1 amide bonds. The van der Waals surface area contributed by atoms with Gasteiger partial charge in [0.15, 0.2) is 0 Å². The lowest BCUT2D eigenvalue weighted by atomic mass is 9.79. The Bertz CT molecular complexity index is 1220. The molecule has 4 aromatic carbocycles. The number of amides is 1. The first-order valence-corrected chi connectivity index (χ1v) is 14.0. The minimum atomic E-state index is -0.817. The Morgan fingerprint density at radius 1 is 0.750 bits per heavy atom. The van der Waals surface area contributed by atoms with Gasteiger partial charge in [-0.15, -0.1) is 0 Å². The molecule has 5 nitrogen and oxygen atoms in total. The van der Waals surface area contributed by atoms with Gasteiger partial charge < -0.3 is 19.5 Å². The van der Waals surface area contributed by atoms with E-state index in [1.165, 1.54) is 0 Å². The Hall–Kier alpha value is -3.93. The van der Waals surface area contributed by atoms with Crippen LogP contribution in [-0.4, -0.2) is 32.0 Å². The number of hydrogen-bond donors (Lipinski definition) is 1. The lowest BCUT2D eigenvalue weighted by molar-refractivity contribution is -0.0432. The molecule has 0 saturated heterocycles. The molecule has 0 aliphatic heterocycles. The second kappa shape index (κ2) is 13.4. The number of carbonyl (C=O) groups is 1. The van der Waals surface area contributed by atoms with Gasteiger partial charge >= 0.3 is 6.09 Å². The molecule has 3 atom stereocenters. The van der Waals surface area contributed by atoms with E-state index < -0.39 is 11.7 Å². The van der Waals surface area contributed by atoms with Gasteiger partial charge in [0.25, 0.3) is 0 Å². The van der Waals surface area contributed by atoms with E-state index in [0.717, 1.165) is 41.5 Å². The van der Waals surface area contributed by atoms with Gasteiger partial charge in [0.05, 0.1) is 12.7 Å². The number of methoxy groups -OCH3 is 1. The molecule has 1 aliphatic rings. The Morgan fingerprint density at radius 3 is 1.75 bits per heavy atom. The molecule has 1 fully saturated rings. The molecule has 40 heavy (non-hydrogen) atoms. The molecule has 0 unspecified atom stereocenters. The average Bonchev–Trinajstić information content (AvgIpc) is 3.03. The summed E-state index contributed by atoms with van der Waals surface area (Å²) in [5, 5.41) is 3.14. The maximum atomic E-state index is 12.8. The van der Waals surface area contributed by atoms with Gasteiger partial charge in [-0.25, -0.2) is 4.79 Å². The summed E-state index contributed by atoms with van der Waals surface area (Å²) < 4.78 is 18.4. The topological polar surface area (TPSA) is 56.8 Å². The molecule has 1 aliphatic carbocycles. The van der Waals surface area contributed by atoms with Crippen molar-refractivity contribution in [3.63, 3.8) is 0 Å². The number of nitrogens with one attached hydrogen (secondary N) is 1. The molecule has 206 valence electrons. The van der Waals surface area contributed by atoms with Crippen LogP contribution in [0.25, 0.3) is 0 Å². The van der Waals surface area contributed by atoms with Crippen LogP contribution in [-0.2, 0) is 26.4 Å². The van der Waals surface area contributed by atoms with Crippen molar-refractivity contribution >= 4 is 6.09 Å². The smallest absolute Gasteiger partial charge is 0.407 e. The van der Waals surface area contributed by atoms with Crippen molar-refractivity contribution in [1.29, 1.82) is 0 Å². The van der Waals surface area contributed by atoms with Gasteiger partial charge in [-0.05, 0) is 41.5 Å². The summed E-state index contributed by atoms with van der Waals surface area (Å²) in [6.07, 6.45) is 2.16. The average molecular weight is 536 g/mol. The summed E-state index contributed by atoms with van der Waals surface area (Å²) in [5.41, 5.74) is 3.30. The van der Waals surface area contributed by atoms with Crippen LogP contribution in [0.1, 0.15) is 41.5 Å². The van der Waals surface area contributed by atoms with Gasteiger partial charge in [-0.1, -0.05) is 121 Å². The number of hydrogen-bond acceptors (Lipinski definition) is 4. The van der Waals surface area contributed by atoms with Gasteiger partial charge in [-0.2, -0.15) is 0 Å². The summed E-state index contributed by atoms with van der Waals surface area (Å²) in [7, 11) is 1.76. The molecular weight excluding hydrogens is 498 g/mol. The van der Waals surface area contributed by atoms with Crippen molar-refractivity contribution in [1.82, 2.24) is 5.32 Å². The molecule has 0 radical (unpaired) electrons. The third-order valence-electron chi connectivity index (χ3n) is 7.84. The zero-order valence-corrected chi connectivity index (χ0v) is 22.9. The van der Waals surface area contributed by atoms with E-state index in [-0.39, 0.29) is 24.7 Å². The summed E-state index contributed by atoms with van der Waals surface area (Å²) in [5.74, 6) is 0.0403. The number of benzene rings is 4. The lowest BCUT2D eigenvalue weighted by Gasteiger charge is -2.40. The van der Waals surface area contributed by atoms with Crippen molar-refractivity contribution in [3.8, 4) is 0 Å². The molecule has 1 N–H and O–H groups in total. The highest BCUT2D eigenvalue weighted by molar-refractivity contribution is 5.67. The molecule has 0 aromatic heterocycles. The SMILES string of the molecule is CO[C@@H]1CC[C@H](NC(=O)OCc2ccccc2)[C@H](COC(c2ccccc2)(c2ccccc2)c2ccccc2)C1. The van der Waals surface area contributed by atoms with Gasteiger partial charge in [0.1, 0.15) is 12.2 Å².